The van der Waals surface area contributed by atoms with Gasteiger partial charge >= 0.3 is 11.9 Å². The van der Waals surface area contributed by atoms with Crippen molar-refractivity contribution in [1.29, 1.82) is 5.26 Å². The molecule has 1 aliphatic heterocycles. The fourth-order valence-corrected chi connectivity index (χ4v) is 3.65. The van der Waals surface area contributed by atoms with E-state index in [1.54, 1.807) is 30.3 Å². The van der Waals surface area contributed by atoms with Crippen LogP contribution in [0.25, 0.3) is 0 Å². The monoisotopic (exact) mass is 439 g/mol. The first-order valence-corrected chi connectivity index (χ1v) is 9.38. The lowest BCUT2D eigenvalue weighted by Crippen LogP contribution is -2.41. The number of hydrogen-bond donors (Lipinski definition) is 1. The molecule has 1 unspecified atom stereocenters. The van der Waals surface area contributed by atoms with Gasteiger partial charge in [-0.2, -0.15) is 5.26 Å². The average molecular weight is 439 g/mol. The molecule has 0 saturated carbocycles. The molecule has 1 aliphatic rings. The average Bonchev–Trinajstić information content (AvgIpc) is 2.78. The highest BCUT2D eigenvalue weighted by atomic mass is 19.1. The standard InChI is InChI=1S/C23H19F2N3O4/c1-12-9-15(24)19(16(25)10-12)28-20(23(30)32-3)18(22(29)31-2)17(14(11-26)21(28)27)13-7-5-4-6-8-13/h4-10,17H,27H2,1-3H3. The first-order chi connectivity index (χ1) is 15.3. The second kappa shape index (κ2) is 8.89. The van der Waals surface area contributed by atoms with Crippen LogP contribution in [0.4, 0.5) is 14.5 Å². The van der Waals surface area contributed by atoms with Crippen molar-refractivity contribution in [3.63, 3.8) is 0 Å². The number of rotatable bonds is 4. The fraction of sp³-hybridized carbons (Fsp3) is 0.174. The van der Waals surface area contributed by atoms with Crippen molar-refractivity contribution in [3.8, 4) is 6.07 Å². The molecule has 2 aromatic rings. The molecule has 1 atom stereocenters. The molecule has 0 spiro atoms. The number of anilines is 1. The van der Waals surface area contributed by atoms with Crippen LogP contribution < -0.4 is 10.6 Å². The predicted octanol–water partition coefficient (Wildman–Crippen LogP) is 3.17. The Morgan fingerprint density at radius 1 is 1.06 bits per heavy atom. The molecule has 164 valence electrons. The van der Waals surface area contributed by atoms with Crippen LogP contribution in [0.2, 0.25) is 0 Å². The lowest BCUT2D eigenvalue weighted by molar-refractivity contribution is -0.139. The predicted molar refractivity (Wildman–Crippen MR) is 111 cm³/mol. The molecule has 3 rings (SSSR count). The number of nitriles is 1. The van der Waals surface area contributed by atoms with Crippen molar-refractivity contribution < 1.29 is 27.8 Å². The summed E-state index contributed by atoms with van der Waals surface area (Å²) in [5, 5.41) is 9.90. The summed E-state index contributed by atoms with van der Waals surface area (Å²) < 4.78 is 39.6. The van der Waals surface area contributed by atoms with Gasteiger partial charge in [0.15, 0.2) is 11.6 Å². The van der Waals surface area contributed by atoms with E-state index in [1.807, 2.05) is 6.07 Å². The van der Waals surface area contributed by atoms with Gasteiger partial charge in [-0.05, 0) is 30.2 Å². The number of carbonyl (C=O) groups is 2. The Morgan fingerprint density at radius 3 is 2.12 bits per heavy atom. The van der Waals surface area contributed by atoms with Crippen LogP contribution in [-0.4, -0.2) is 26.2 Å². The number of aryl methyl sites for hydroxylation is 1. The Labute approximate surface area is 182 Å². The molecule has 2 aromatic carbocycles. The van der Waals surface area contributed by atoms with Crippen LogP contribution >= 0.6 is 0 Å². The van der Waals surface area contributed by atoms with Crippen molar-refractivity contribution in [2.45, 2.75) is 12.8 Å². The number of esters is 2. The molecule has 0 aromatic heterocycles. The van der Waals surface area contributed by atoms with Gasteiger partial charge in [0, 0.05) is 0 Å². The second-order valence-corrected chi connectivity index (χ2v) is 6.91. The largest absolute Gasteiger partial charge is 0.466 e. The number of nitrogens with zero attached hydrogens (tertiary/aromatic N) is 2. The van der Waals surface area contributed by atoms with E-state index in [2.05, 4.69) is 0 Å². The molecular formula is C23H19F2N3O4. The highest BCUT2D eigenvalue weighted by Gasteiger charge is 2.44. The minimum atomic E-state index is -1.13. The van der Waals surface area contributed by atoms with E-state index in [9.17, 15) is 23.6 Å². The molecule has 0 fully saturated rings. The smallest absolute Gasteiger partial charge is 0.355 e. The van der Waals surface area contributed by atoms with Gasteiger partial charge in [-0.3, -0.25) is 4.90 Å². The van der Waals surface area contributed by atoms with E-state index in [-0.39, 0.29) is 16.7 Å². The molecule has 1 heterocycles. The lowest BCUT2D eigenvalue weighted by Gasteiger charge is -2.36. The molecule has 32 heavy (non-hydrogen) atoms. The second-order valence-electron chi connectivity index (χ2n) is 6.91. The van der Waals surface area contributed by atoms with Gasteiger partial charge in [0.2, 0.25) is 0 Å². The molecule has 0 bridgehead atoms. The Bertz CT molecular complexity index is 1180. The summed E-state index contributed by atoms with van der Waals surface area (Å²) in [5.41, 5.74) is 5.13. The maximum absolute atomic E-state index is 14.9. The summed E-state index contributed by atoms with van der Waals surface area (Å²) in [7, 11) is 2.12. The zero-order valence-corrected chi connectivity index (χ0v) is 17.5. The van der Waals surface area contributed by atoms with Gasteiger partial charge in [-0.25, -0.2) is 18.4 Å². The number of carbonyl (C=O) groups excluding carboxylic acids is 2. The van der Waals surface area contributed by atoms with Gasteiger partial charge in [-0.15, -0.1) is 0 Å². The van der Waals surface area contributed by atoms with Gasteiger partial charge in [0.25, 0.3) is 0 Å². The normalized spacial score (nSPS) is 16.0. The van der Waals surface area contributed by atoms with Crippen LogP contribution in [0.3, 0.4) is 0 Å². The molecule has 0 aliphatic carbocycles. The highest BCUT2D eigenvalue weighted by molar-refractivity contribution is 6.06. The summed E-state index contributed by atoms with van der Waals surface area (Å²) in [4.78, 5) is 26.4. The molecule has 7 nitrogen and oxygen atoms in total. The molecule has 0 saturated heterocycles. The number of allylic oxidation sites excluding steroid dienone is 1. The highest BCUT2D eigenvalue weighted by Crippen LogP contribution is 2.44. The van der Waals surface area contributed by atoms with Crippen molar-refractivity contribution in [2.75, 3.05) is 19.1 Å². The lowest BCUT2D eigenvalue weighted by atomic mass is 9.81. The molecule has 0 radical (unpaired) electrons. The molecule has 9 heteroatoms. The van der Waals surface area contributed by atoms with E-state index < -0.39 is 46.7 Å². The van der Waals surface area contributed by atoms with Gasteiger partial charge in [0.1, 0.15) is 17.2 Å². The Hall–Kier alpha value is -4.19. The Morgan fingerprint density at radius 2 is 1.62 bits per heavy atom. The minimum Gasteiger partial charge on any atom is -0.466 e. The first kappa shape index (κ1) is 22.5. The number of halogens is 2. The SMILES string of the molecule is COC(=O)C1=C(C(=O)OC)N(c2c(F)cc(C)cc2F)C(N)=C(C#N)C1c1ccccc1. The van der Waals surface area contributed by atoms with Gasteiger partial charge in [0.05, 0.1) is 37.4 Å². The number of hydrogen-bond acceptors (Lipinski definition) is 7. The Kier molecular flexibility index (Phi) is 6.25. The zero-order chi connectivity index (χ0) is 23.6. The van der Waals surface area contributed by atoms with Gasteiger partial charge in [-0.1, -0.05) is 30.3 Å². The fourth-order valence-electron chi connectivity index (χ4n) is 3.65. The summed E-state index contributed by atoms with van der Waals surface area (Å²) in [6.45, 7) is 1.48. The maximum Gasteiger partial charge on any atom is 0.355 e. The quantitative estimate of drug-likeness (QED) is 0.730. The summed E-state index contributed by atoms with van der Waals surface area (Å²) in [6, 6.07) is 12.3. The van der Waals surface area contributed by atoms with E-state index in [0.29, 0.717) is 10.5 Å². The van der Waals surface area contributed by atoms with E-state index in [0.717, 1.165) is 26.4 Å². The van der Waals surface area contributed by atoms with Crippen molar-refractivity contribution >= 4 is 17.6 Å². The minimum absolute atomic E-state index is 0.191. The molecule has 2 N–H and O–H groups in total. The van der Waals surface area contributed by atoms with Crippen LogP contribution in [0.1, 0.15) is 17.0 Å². The summed E-state index contributed by atoms with van der Waals surface area (Å²) >= 11 is 0. The number of ether oxygens (including phenoxy) is 2. The van der Waals surface area contributed by atoms with E-state index in [1.165, 1.54) is 6.92 Å². The van der Waals surface area contributed by atoms with Crippen molar-refractivity contribution in [3.05, 3.63) is 87.9 Å². The number of methoxy groups -OCH3 is 2. The van der Waals surface area contributed by atoms with Crippen molar-refractivity contribution in [2.24, 2.45) is 5.73 Å². The van der Waals surface area contributed by atoms with E-state index >= 15 is 0 Å². The molecule has 0 amide bonds. The summed E-state index contributed by atoms with van der Waals surface area (Å²) in [5.74, 6) is -5.73. The number of benzene rings is 2. The van der Waals surface area contributed by atoms with E-state index in [4.69, 9.17) is 15.2 Å². The third-order valence-corrected chi connectivity index (χ3v) is 5.00. The van der Waals surface area contributed by atoms with Crippen LogP contribution in [0.15, 0.2) is 65.1 Å². The van der Waals surface area contributed by atoms with Crippen LogP contribution in [0.5, 0.6) is 0 Å². The third-order valence-electron chi connectivity index (χ3n) is 5.00. The Balaban J connectivity index is 2.48. The topological polar surface area (TPSA) is 106 Å². The van der Waals surface area contributed by atoms with Crippen molar-refractivity contribution in [1.82, 2.24) is 0 Å². The van der Waals surface area contributed by atoms with Gasteiger partial charge < -0.3 is 15.2 Å². The summed E-state index contributed by atoms with van der Waals surface area (Å²) in [6.07, 6.45) is 0. The molecular weight excluding hydrogens is 420 g/mol. The van der Waals surface area contributed by atoms with Crippen LogP contribution in [0, 0.1) is 29.9 Å². The zero-order valence-electron chi connectivity index (χ0n) is 17.5. The first-order valence-electron chi connectivity index (χ1n) is 9.38. The number of nitrogens with two attached hydrogens (primary N) is 1. The van der Waals surface area contributed by atoms with Crippen LogP contribution in [-0.2, 0) is 19.1 Å². The third kappa shape index (κ3) is 3.67. The maximum atomic E-state index is 14.9.